The van der Waals surface area contributed by atoms with Gasteiger partial charge in [-0.05, 0) is 43.8 Å². The number of benzene rings is 5. The molecule has 200 valence electrons. The Hall–Kier alpha value is -5.36. The van der Waals surface area contributed by atoms with Crippen LogP contribution in [-0.2, 0) is 21.7 Å². The number of carbonyl (C=O) groups excluding carboxylic acids is 1. The molecule has 0 atom stereocenters. The second kappa shape index (κ2) is 11.4. The van der Waals surface area contributed by atoms with E-state index < -0.39 is 5.54 Å². The average molecular weight is 537 g/mol. The Morgan fingerprint density at radius 1 is 0.659 bits per heavy atom. The third-order valence-electron chi connectivity index (χ3n) is 7.24. The van der Waals surface area contributed by atoms with Crippen LogP contribution in [0.25, 0.3) is 22.5 Å². The van der Waals surface area contributed by atoms with Gasteiger partial charge in [0.05, 0.1) is 0 Å². The van der Waals surface area contributed by atoms with Gasteiger partial charge in [-0.1, -0.05) is 140 Å². The number of rotatable bonds is 8. The molecule has 6 rings (SSSR count). The van der Waals surface area contributed by atoms with E-state index in [0.717, 1.165) is 38.9 Å². The molecular weight excluding hydrogens is 508 g/mol. The first-order valence-electron chi connectivity index (χ1n) is 13.5. The molecule has 0 unspecified atom stereocenters. The van der Waals surface area contributed by atoms with Crippen LogP contribution in [-0.4, -0.2) is 26.2 Å². The number of carbonyl (C=O) groups is 1. The Kier molecular flexibility index (Phi) is 7.20. The molecule has 0 saturated carbocycles. The smallest absolute Gasteiger partial charge is 0.302 e. The van der Waals surface area contributed by atoms with Crippen molar-refractivity contribution in [2.45, 2.75) is 19.1 Å². The van der Waals surface area contributed by atoms with Crippen molar-refractivity contribution in [1.82, 2.24) is 20.2 Å². The maximum atomic E-state index is 11.3. The predicted octanol–water partition coefficient (Wildman–Crippen LogP) is 6.91. The summed E-state index contributed by atoms with van der Waals surface area (Å²) < 4.78 is 7.11. The average Bonchev–Trinajstić information content (AvgIpc) is 3.52. The zero-order valence-corrected chi connectivity index (χ0v) is 22.6. The van der Waals surface area contributed by atoms with Gasteiger partial charge in [-0.25, -0.2) is 4.68 Å². The highest BCUT2D eigenvalue weighted by Crippen LogP contribution is 2.43. The van der Waals surface area contributed by atoms with Crippen molar-refractivity contribution in [3.8, 4) is 22.5 Å². The molecule has 0 spiro atoms. The lowest BCUT2D eigenvalue weighted by atomic mass is 9.77. The van der Waals surface area contributed by atoms with Crippen molar-refractivity contribution in [2.75, 3.05) is 0 Å². The van der Waals surface area contributed by atoms with E-state index in [4.69, 9.17) is 9.95 Å². The highest BCUT2D eigenvalue weighted by atomic mass is 16.5. The van der Waals surface area contributed by atoms with Crippen LogP contribution in [0.4, 0.5) is 0 Å². The van der Waals surface area contributed by atoms with Gasteiger partial charge in [0.2, 0.25) is 0 Å². The van der Waals surface area contributed by atoms with Crippen LogP contribution in [0.3, 0.4) is 0 Å². The SMILES string of the molecule is CC(=O)OCc1ccc(-c2ccccc2-c2nnnn2C(c2ccccc2)(c2ccccc2)c2ccccc2)cc1. The molecule has 41 heavy (non-hydrogen) atoms. The fraction of sp³-hybridized carbons (Fsp3) is 0.0857. The van der Waals surface area contributed by atoms with Gasteiger partial charge < -0.3 is 4.74 Å². The Morgan fingerprint density at radius 2 is 1.15 bits per heavy atom. The van der Waals surface area contributed by atoms with Crippen LogP contribution in [0.1, 0.15) is 29.2 Å². The first-order chi connectivity index (χ1) is 20.2. The molecule has 0 amide bonds. The molecule has 6 aromatic rings. The van der Waals surface area contributed by atoms with Crippen molar-refractivity contribution in [3.05, 3.63) is 162 Å². The van der Waals surface area contributed by atoms with E-state index in [-0.39, 0.29) is 12.6 Å². The summed E-state index contributed by atoms with van der Waals surface area (Å²) in [6.07, 6.45) is 0. The fourth-order valence-electron chi connectivity index (χ4n) is 5.38. The summed E-state index contributed by atoms with van der Waals surface area (Å²) in [5.74, 6) is 0.339. The second-order valence-electron chi connectivity index (χ2n) is 9.75. The minimum atomic E-state index is -0.844. The molecule has 0 saturated heterocycles. The van der Waals surface area contributed by atoms with E-state index in [1.165, 1.54) is 6.92 Å². The normalized spacial score (nSPS) is 11.2. The number of hydrogen-bond donors (Lipinski definition) is 0. The molecule has 6 heteroatoms. The van der Waals surface area contributed by atoms with Crippen molar-refractivity contribution in [2.24, 2.45) is 0 Å². The molecule has 1 aromatic heterocycles. The molecule has 0 aliphatic rings. The Bertz CT molecular complexity index is 1650. The van der Waals surface area contributed by atoms with Gasteiger partial charge >= 0.3 is 5.97 Å². The zero-order valence-electron chi connectivity index (χ0n) is 22.6. The lowest BCUT2D eigenvalue weighted by molar-refractivity contribution is -0.142. The summed E-state index contributed by atoms with van der Waals surface area (Å²) in [5, 5.41) is 13.6. The summed E-state index contributed by atoms with van der Waals surface area (Å²) in [5.41, 5.74) is 6.09. The number of aromatic nitrogens is 4. The first-order valence-corrected chi connectivity index (χ1v) is 13.5. The topological polar surface area (TPSA) is 69.9 Å². The summed E-state index contributed by atoms with van der Waals surface area (Å²) in [4.78, 5) is 11.3. The first kappa shape index (κ1) is 25.9. The quantitative estimate of drug-likeness (QED) is 0.156. The number of esters is 1. The molecule has 0 aliphatic carbocycles. The minimum absolute atomic E-state index is 0.239. The van der Waals surface area contributed by atoms with E-state index >= 15 is 0 Å². The van der Waals surface area contributed by atoms with Gasteiger partial charge in [0.15, 0.2) is 5.82 Å². The molecular formula is C35H28N4O2. The van der Waals surface area contributed by atoms with Crippen LogP contribution < -0.4 is 0 Å². The molecule has 1 heterocycles. The lowest BCUT2D eigenvalue weighted by Gasteiger charge is -2.36. The maximum Gasteiger partial charge on any atom is 0.302 e. The van der Waals surface area contributed by atoms with E-state index in [9.17, 15) is 4.79 Å². The molecule has 0 aliphatic heterocycles. The van der Waals surface area contributed by atoms with Gasteiger partial charge in [0, 0.05) is 12.5 Å². The number of ether oxygens (including phenoxy) is 1. The van der Waals surface area contributed by atoms with Crippen LogP contribution in [0.15, 0.2) is 140 Å². The van der Waals surface area contributed by atoms with Gasteiger partial charge in [-0.15, -0.1) is 5.10 Å². The highest BCUT2D eigenvalue weighted by Gasteiger charge is 2.42. The predicted molar refractivity (Wildman–Crippen MR) is 159 cm³/mol. The van der Waals surface area contributed by atoms with Crippen LogP contribution >= 0.6 is 0 Å². The van der Waals surface area contributed by atoms with Crippen molar-refractivity contribution >= 4 is 5.97 Å². The van der Waals surface area contributed by atoms with Crippen LogP contribution in [0, 0.1) is 0 Å². The summed E-state index contributed by atoms with van der Waals surface area (Å²) in [7, 11) is 0. The Morgan fingerprint density at radius 3 is 1.66 bits per heavy atom. The highest BCUT2D eigenvalue weighted by molar-refractivity contribution is 5.81. The Labute approximate surface area is 238 Å². The van der Waals surface area contributed by atoms with Gasteiger partial charge in [0.25, 0.3) is 0 Å². The molecule has 5 aromatic carbocycles. The van der Waals surface area contributed by atoms with Crippen molar-refractivity contribution in [1.29, 1.82) is 0 Å². The molecule has 0 bridgehead atoms. The van der Waals surface area contributed by atoms with E-state index in [1.807, 2.05) is 95.7 Å². The number of hydrogen-bond acceptors (Lipinski definition) is 5. The van der Waals surface area contributed by atoms with Crippen LogP contribution in [0.5, 0.6) is 0 Å². The standard InChI is InChI=1S/C35H28N4O2/c1-26(40)41-25-27-21-23-28(24-22-27)32-19-11-12-20-33(32)34-36-37-38-39(34)35(29-13-5-2-6-14-29,30-15-7-3-8-16-30)31-17-9-4-10-18-31/h2-24H,25H2,1H3. The van der Waals surface area contributed by atoms with Crippen molar-refractivity contribution < 1.29 is 9.53 Å². The van der Waals surface area contributed by atoms with E-state index in [0.29, 0.717) is 5.82 Å². The number of tetrazole rings is 1. The van der Waals surface area contributed by atoms with Crippen molar-refractivity contribution in [3.63, 3.8) is 0 Å². The lowest BCUT2D eigenvalue weighted by Crippen LogP contribution is -2.39. The number of nitrogens with zero attached hydrogens (tertiary/aromatic N) is 4. The molecule has 6 nitrogen and oxygen atoms in total. The summed E-state index contributed by atoms with van der Waals surface area (Å²) in [6.45, 7) is 1.65. The monoisotopic (exact) mass is 536 g/mol. The van der Waals surface area contributed by atoms with Gasteiger partial charge in [-0.3, -0.25) is 4.79 Å². The summed E-state index contributed by atoms with van der Waals surface area (Å²) in [6, 6.07) is 47.2. The van der Waals surface area contributed by atoms with Crippen LogP contribution in [0.2, 0.25) is 0 Å². The van der Waals surface area contributed by atoms with E-state index in [2.05, 4.69) is 58.8 Å². The Balaban J connectivity index is 1.57. The zero-order chi connectivity index (χ0) is 28.1. The fourth-order valence-corrected chi connectivity index (χ4v) is 5.38. The molecule has 0 fully saturated rings. The van der Waals surface area contributed by atoms with Gasteiger partial charge in [-0.2, -0.15) is 0 Å². The molecule has 0 N–H and O–H groups in total. The third-order valence-corrected chi connectivity index (χ3v) is 7.24. The minimum Gasteiger partial charge on any atom is -0.461 e. The molecule has 0 radical (unpaired) electrons. The second-order valence-corrected chi connectivity index (χ2v) is 9.75. The van der Waals surface area contributed by atoms with Gasteiger partial charge in [0.1, 0.15) is 12.1 Å². The third kappa shape index (κ3) is 4.92. The maximum absolute atomic E-state index is 11.3. The largest absolute Gasteiger partial charge is 0.461 e. The van der Waals surface area contributed by atoms with E-state index in [1.54, 1.807) is 0 Å². The summed E-state index contributed by atoms with van der Waals surface area (Å²) >= 11 is 0.